The smallest absolute Gasteiger partial charge is 0.259 e. The van der Waals surface area contributed by atoms with E-state index in [0.717, 1.165) is 6.07 Å². The van der Waals surface area contributed by atoms with Gasteiger partial charge in [0, 0.05) is 25.1 Å². The fourth-order valence-electron chi connectivity index (χ4n) is 1.58. The molecule has 6 heteroatoms. The lowest BCUT2D eigenvalue weighted by Gasteiger charge is -2.10. The number of amides is 1. The van der Waals surface area contributed by atoms with Crippen molar-refractivity contribution in [1.29, 1.82) is 0 Å². The summed E-state index contributed by atoms with van der Waals surface area (Å²) in [6, 6.07) is 5.44. The van der Waals surface area contributed by atoms with Gasteiger partial charge in [-0.05, 0) is 24.3 Å². The van der Waals surface area contributed by atoms with Crippen LogP contribution < -0.4 is 10.6 Å². The van der Waals surface area contributed by atoms with Gasteiger partial charge in [0.25, 0.3) is 5.91 Å². The van der Waals surface area contributed by atoms with Crippen molar-refractivity contribution >= 4 is 28.9 Å². The summed E-state index contributed by atoms with van der Waals surface area (Å²) in [4.78, 5) is 16.0. The minimum atomic E-state index is -0.472. The largest absolute Gasteiger partial charge is 0.387 e. The first-order chi connectivity index (χ1) is 9.11. The summed E-state index contributed by atoms with van der Waals surface area (Å²) in [6.07, 6.45) is 2.99. The molecule has 0 radical (unpaired) electrons. The van der Waals surface area contributed by atoms with Crippen molar-refractivity contribution < 1.29 is 9.18 Å². The molecule has 1 heterocycles. The number of anilines is 2. The van der Waals surface area contributed by atoms with Crippen molar-refractivity contribution in [2.24, 2.45) is 0 Å². The third-order valence-electron chi connectivity index (χ3n) is 2.51. The number of carbonyl (C=O) groups is 1. The van der Waals surface area contributed by atoms with E-state index in [1.807, 2.05) is 0 Å². The van der Waals surface area contributed by atoms with E-state index in [0.29, 0.717) is 11.3 Å². The molecule has 2 rings (SSSR count). The van der Waals surface area contributed by atoms with Crippen molar-refractivity contribution in [3.05, 3.63) is 53.1 Å². The van der Waals surface area contributed by atoms with E-state index >= 15 is 0 Å². The van der Waals surface area contributed by atoms with Crippen molar-refractivity contribution in [3.8, 4) is 0 Å². The Hall–Kier alpha value is -2.14. The standard InChI is InChI=1S/C13H11ClFN3O/c1-16-11-4-5-17-7-9(11)13(19)18-12-6-8(15)2-3-10(12)14/h2-7H,1H3,(H,16,17)(H,18,19). The van der Waals surface area contributed by atoms with Crippen LogP contribution in [-0.4, -0.2) is 17.9 Å². The van der Waals surface area contributed by atoms with Crippen LogP contribution in [0.5, 0.6) is 0 Å². The zero-order chi connectivity index (χ0) is 13.8. The Labute approximate surface area is 114 Å². The van der Waals surface area contributed by atoms with Gasteiger partial charge in [-0.1, -0.05) is 11.6 Å². The highest BCUT2D eigenvalue weighted by Crippen LogP contribution is 2.24. The monoisotopic (exact) mass is 279 g/mol. The van der Waals surface area contributed by atoms with Crippen molar-refractivity contribution in [2.75, 3.05) is 17.7 Å². The molecule has 0 unspecified atom stereocenters. The normalized spacial score (nSPS) is 10.1. The summed E-state index contributed by atoms with van der Waals surface area (Å²) in [7, 11) is 1.70. The van der Waals surface area contributed by atoms with Gasteiger partial charge in [-0.3, -0.25) is 9.78 Å². The molecule has 0 aliphatic heterocycles. The zero-order valence-electron chi connectivity index (χ0n) is 10.1. The minimum Gasteiger partial charge on any atom is -0.387 e. The Morgan fingerprint density at radius 3 is 2.84 bits per heavy atom. The first-order valence-electron chi connectivity index (χ1n) is 5.50. The fourth-order valence-corrected chi connectivity index (χ4v) is 1.74. The molecular formula is C13H11ClFN3O. The number of pyridine rings is 1. The Morgan fingerprint density at radius 2 is 2.11 bits per heavy atom. The van der Waals surface area contributed by atoms with Crippen LogP contribution in [0.3, 0.4) is 0 Å². The number of carbonyl (C=O) groups excluding carboxylic acids is 1. The Bertz CT molecular complexity index is 619. The van der Waals surface area contributed by atoms with Gasteiger partial charge in [0.15, 0.2) is 0 Å². The molecule has 1 amide bonds. The first kappa shape index (κ1) is 13.3. The summed E-state index contributed by atoms with van der Waals surface area (Å²) in [6.45, 7) is 0. The number of hydrogen-bond donors (Lipinski definition) is 2. The Kier molecular flexibility index (Phi) is 3.97. The summed E-state index contributed by atoms with van der Waals surface area (Å²) >= 11 is 5.89. The second kappa shape index (κ2) is 5.67. The van der Waals surface area contributed by atoms with Crippen LogP contribution in [-0.2, 0) is 0 Å². The Morgan fingerprint density at radius 1 is 1.32 bits per heavy atom. The summed E-state index contributed by atoms with van der Waals surface area (Å²) < 4.78 is 13.1. The van der Waals surface area contributed by atoms with Crippen LogP contribution in [0, 0.1) is 5.82 Å². The summed E-state index contributed by atoms with van der Waals surface area (Å²) in [5, 5.41) is 5.70. The molecule has 0 aliphatic carbocycles. The lowest BCUT2D eigenvalue weighted by atomic mass is 10.2. The molecule has 98 valence electrons. The molecule has 1 aromatic heterocycles. The van der Waals surface area contributed by atoms with Crippen LogP contribution in [0.1, 0.15) is 10.4 Å². The first-order valence-corrected chi connectivity index (χ1v) is 5.88. The molecule has 1 aromatic carbocycles. The van der Waals surface area contributed by atoms with Gasteiger partial charge in [0.2, 0.25) is 0 Å². The molecular weight excluding hydrogens is 269 g/mol. The lowest BCUT2D eigenvalue weighted by Crippen LogP contribution is -2.14. The van der Waals surface area contributed by atoms with Gasteiger partial charge in [0.1, 0.15) is 5.82 Å². The third kappa shape index (κ3) is 3.00. The maximum Gasteiger partial charge on any atom is 0.259 e. The van der Waals surface area contributed by atoms with Crippen molar-refractivity contribution in [1.82, 2.24) is 4.98 Å². The van der Waals surface area contributed by atoms with Gasteiger partial charge in [-0.25, -0.2) is 4.39 Å². The van der Waals surface area contributed by atoms with Crippen LogP contribution >= 0.6 is 11.6 Å². The third-order valence-corrected chi connectivity index (χ3v) is 2.84. The number of aromatic nitrogens is 1. The number of hydrogen-bond acceptors (Lipinski definition) is 3. The van der Waals surface area contributed by atoms with Crippen LogP contribution in [0.25, 0.3) is 0 Å². The second-order valence-electron chi connectivity index (χ2n) is 3.75. The van der Waals surface area contributed by atoms with E-state index in [1.54, 1.807) is 19.3 Å². The van der Waals surface area contributed by atoms with E-state index < -0.39 is 11.7 Å². The predicted octanol–water partition coefficient (Wildman–Crippen LogP) is 3.17. The lowest BCUT2D eigenvalue weighted by molar-refractivity contribution is 0.102. The highest BCUT2D eigenvalue weighted by Gasteiger charge is 2.13. The molecule has 2 aromatic rings. The number of nitrogens with one attached hydrogen (secondary N) is 2. The molecule has 2 N–H and O–H groups in total. The molecule has 0 aliphatic rings. The summed E-state index contributed by atoms with van der Waals surface area (Å²) in [5.41, 5.74) is 1.20. The maximum atomic E-state index is 13.1. The van der Waals surface area contributed by atoms with Crippen molar-refractivity contribution in [2.45, 2.75) is 0 Å². The predicted molar refractivity (Wildman–Crippen MR) is 73.1 cm³/mol. The number of halogens is 2. The van der Waals surface area contributed by atoms with Gasteiger partial charge in [-0.15, -0.1) is 0 Å². The molecule has 4 nitrogen and oxygen atoms in total. The number of nitrogens with zero attached hydrogens (tertiary/aromatic N) is 1. The molecule has 0 atom stereocenters. The van der Waals surface area contributed by atoms with Crippen LogP contribution in [0.2, 0.25) is 5.02 Å². The van der Waals surface area contributed by atoms with Crippen molar-refractivity contribution in [3.63, 3.8) is 0 Å². The fraction of sp³-hybridized carbons (Fsp3) is 0.0769. The van der Waals surface area contributed by atoms with Gasteiger partial charge < -0.3 is 10.6 Å². The van der Waals surface area contributed by atoms with E-state index in [-0.39, 0.29) is 10.7 Å². The average molecular weight is 280 g/mol. The molecule has 0 saturated heterocycles. The summed E-state index contributed by atoms with van der Waals surface area (Å²) in [5.74, 6) is -0.885. The van der Waals surface area contributed by atoms with E-state index in [9.17, 15) is 9.18 Å². The SMILES string of the molecule is CNc1ccncc1C(=O)Nc1cc(F)ccc1Cl. The number of benzene rings is 1. The van der Waals surface area contributed by atoms with Gasteiger partial charge in [0.05, 0.1) is 16.3 Å². The van der Waals surface area contributed by atoms with Crippen LogP contribution in [0.4, 0.5) is 15.8 Å². The minimum absolute atomic E-state index is 0.220. The molecule has 0 saturated carbocycles. The zero-order valence-corrected chi connectivity index (χ0v) is 10.8. The average Bonchev–Trinajstić information content (AvgIpc) is 2.42. The van der Waals surface area contributed by atoms with Gasteiger partial charge >= 0.3 is 0 Å². The molecule has 19 heavy (non-hydrogen) atoms. The highest BCUT2D eigenvalue weighted by molar-refractivity contribution is 6.34. The topological polar surface area (TPSA) is 54.0 Å². The number of rotatable bonds is 3. The molecule has 0 spiro atoms. The molecule has 0 bridgehead atoms. The molecule has 0 fully saturated rings. The van der Waals surface area contributed by atoms with E-state index in [4.69, 9.17) is 11.6 Å². The Balaban J connectivity index is 2.28. The van der Waals surface area contributed by atoms with E-state index in [2.05, 4.69) is 15.6 Å². The second-order valence-corrected chi connectivity index (χ2v) is 4.16. The maximum absolute atomic E-state index is 13.1. The quantitative estimate of drug-likeness (QED) is 0.907. The highest BCUT2D eigenvalue weighted by atomic mass is 35.5. The van der Waals surface area contributed by atoms with Gasteiger partial charge in [-0.2, -0.15) is 0 Å². The van der Waals surface area contributed by atoms with Crippen LogP contribution in [0.15, 0.2) is 36.7 Å². The van der Waals surface area contributed by atoms with E-state index in [1.165, 1.54) is 18.3 Å².